The highest BCUT2D eigenvalue weighted by Crippen LogP contribution is 2.24. The lowest BCUT2D eigenvalue weighted by Crippen LogP contribution is -2.15. The number of aromatic nitrogens is 3. The highest BCUT2D eigenvalue weighted by molar-refractivity contribution is 7.89. The summed E-state index contributed by atoms with van der Waals surface area (Å²) in [6.45, 7) is 1.91. The number of nitrogen functional groups attached to an aromatic ring is 1. The number of benzene rings is 1. The summed E-state index contributed by atoms with van der Waals surface area (Å²) >= 11 is 0. The minimum Gasteiger partial charge on any atom is -0.398 e. The van der Waals surface area contributed by atoms with Crippen molar-refractivity contribution in [1.29, 1.82) is 0 Å². The normalized spacial score (nSPS) is 13.2. The Morgan fingerprint density at radius 3 is 2.60 bits per heavy atom. The number of nitrogens with zero attached hydrogens (tertiary/aromatic N) is 3. The maximum atomic E-state index is 11.3. The SMILES string of the molecule is CC(Nc1ccc(S(N)(=O)=O)c(N)c1)c1nncn1C. The quantitative estimate of drug-likeness (QED) is 0.692. The van der Waals surface area contributed by atoms with Crippen LogP contribution in [-0.2, 0) is 17.1 Å². The number of rotatable bonds is 4. The van der Waals surface area contributed by atoms with Crippen LogP contribution in [0.4, 0.5) is 11.4 Å². The number of hydrogen-bond donors (Lipinski definition) is 3. The van der Waals surface area contributed by atoms with Crippen molar-refractivity contribution in [1.82, 2.24) is 14.8 Å². The Labute approximate surface area is 116 Å². The second-order valence-electron chi connectivity index (χ2n) is 4.46. The van der Waals surface area contributed by atoms with Crippen LogP contribution in [0.1, 0.15) is 18.8 Å². The van der Waals surface area contributed by atoms with Gasteiger partial charge in [-0.1, -0.05) is 0 Å². The number of primary sulfonamides is 1. The van der Waals surface area contributed by atoms with E-state index >= 15 is 0 Å². The van der Waals surface area contributed by atoms with Gasteiger partial charge in [-0.25, -0.2) is 13.6 Å². The number of nitrogens with two attached hydrogens (primary N) is 2. The number of aryl methyl sites for hydroxylation is 1. The summed E-state index contributed by atoms with van der Waals surface area (Å²) in [7, 11) is -1.97. The van der Waals surface area contributed by atoms with Crippen LogP contribution < -0.4 is 16.2 Å². The van der Waals surface area contributed by atoms with Crippen LogP contribution in [0.3, 0.4) is 0 Å². The van der Waals surface area contributed by atoms with Gasteiger partial charge in [0.05, 0.1) is 11.7 Å². The first kappa shape index (κ1) is 14.3. The van der Waals surface area contributed by atoms with E-state index in [1.54, 1.807) is 17.0 Å². The standard InChI is InChI=1S/C11H16N6O2S/c1-7(11-16-14-6-17(11)2)15-8-3-4-10(9(12)5-8)20(13,18)19/h3-7,15H,12H2,1-2H3,(H2,13,18,19). The van der Waals surface area contributed by atoms with Crippen LogP contribution >= 0.6 is 0 Å². The Morgan fingerprint density at radius 2 is 2.10 bits per heavy atom. The molecule has 2 aromatic rings. The molecule has 8 nitrogen and oxygen atoms in total. The monoisotopic (exact) mass is 296 g/mol. The van der Waals surface area contributed by atoms with Crippen molar-refractivity contribution in [3.63, 3.8) is 0 Å². The van der Waals surface area contributed by atoms with Gasteiger partial charge in [0.15, 0.2) is 5.82 Å². The Hall–Kier alpha value is -2.13. The molecule has 1 aromatic heterocycles. The summed E-state index contributed by atoms with van der Waals surface area (Å²) in [4.78, 5) is -0.0886. The maximum absolute atomic E-state index is 11.3. The summed E-state index contributed by atoms with van der Waals surface area (Å²) in [5.74, 6) is 0.749. The van der Waals surface area contributed by atoms with Gasteiger partial charge in [-0.15, -0.1) is 10.2 Å². The van der Waals surface area contributed by atoms with Gasteiger partial charge in [0.1, 0.15) is 11.2 Å². The van der Waals surface area contributed by atoms with Gasteiger partial charge in [0.25, 0.3) is 0 Å². The Balaban J connectivity index is 2.24. The molecule has 9 heteroatoms. The van der Waals surface area contributed by atoms with Gasteiger partial charge in [0.2, 0.25) is 10.0 Å². The fourth-order valence-corrected chi connectivity index (χ4v) is 2.54. The van der Waals surface area contributed by atoms with Crippen molar-refractivity contribution in [2.45, 2.75) is 17.9 Å². The first-order valence-electron chi connectivity index (χ1n) is 5.82. The molecule has 1 unspecified atom stereocenters. The number of hydrogen-bond acceptors (Lipinski definition) is 6. The molecule has 5 N–H and O–H groups in total. The van der Waals surface area contributed by atoms with Crippen molar-refractivity contribution in [3.8, 4) is 0 Å². The zero-order valence-corrected chi connectivity index (χ0v) is 11.9. The zero-order valence-electron chi connectivity index (χ0n) is 11.1. The first-order valence-corrected chi connectivity index (χ1v) is 7.36. The predicted octanol–water partition coefficient (Wildman–Crippen LogP) is 0.218. The Kier molecular flexibility index (Phi) is 3.64. The van der Waals surface area contributed by atoms with Crippen molar-refractivity contribution in [3.05, 3.63) is 30.4 Å². The molecule has 0 aliphatic rings. The lowest BCUT2D eigenvalue weighted by atomic mass is 10.2. The van der Waals surface area contributed by atoms with Crippen LogP contribution in [0.2, 0.25) is 0 Å². The third-order valence-corrected chi connectivity index (χ3v) is 3.82. The summed E-state index contributed by atoms with van der Waals surface area (Å²) in [6, 6.07) is 4.38. The minimum atomic E-state index is -3.81. The van der Waals surface area contributed by atoms with E-state index in [-0.39, 0.29) is 16.6 Å². The molecular weight excluding hydrogens is 280 g/mol. The number of anilines is 2. The molecular formula is C11H16N6O2S. The van der Waals surface area contributed by atoms with E-state index in [9.17, 15) is 8.42 Å². The van der Waals surface area contributed by atoms with Crippen molar-refractivity contribution in [2.75, 3.05) is 11.1 Å². The van der Waals surface area contributed by atoms with E-state index in [2.05, 4.69) is 15.5 Å². The molecule has 0 fully saturated rings. The molecule has 108 valence electrons. The Morgan fingerprint density at radius 1 is 1.40 bits per heavy atom. The smallest absolute Gasteiger partial charge is 0.240 e. The summed E-state index contributed by atoms with van der Waals surface area (Å²) in [5.41, 5.74) is 6.47. The van der Waals surface area contributed by atoms with Crippen LogP contribution in [-0.4, -0.2) is 23.2 Å². The molecule has 1 atom stereocenters. The second kappa shape index (κ2) is 5.10. The molecule has 0 saturated carbocycles. The van der Waals surface area contributed by atoms with Gasteiger partial charge >= 0.3 is 0 Å². The van der Waals surface area contributed by atoms with Gasteiger partial charge in [-0.3, -0.25) is 0 Å². The molecule has 0 bridgehead atoms. The van der Waals surface area contributed by atoms with E-state index < -0.39 is 10.0 Å². The Bertz CT molecular complexity index is 724. The molecule has 1 heterocycles. The first-order chi connectivity index (χ1) is 9.29. The second-order valence-corrected chi connectivity index (χ2v) is 5.99. The van der Waals surface area contributed by atoms with Crippen LogP contribution in [0.5, 0.6) is 0 Å². The number of nitrogens with one attached hydrogen (secondary N) is 1. The van der Waals surface area contributed by atoms with Crippen molar-refractivity contribution < 1.29 is 8.42 Å². The molecule has 0 radical (unpaired) electrons. The summed E-state index contributed by atoms with van der Waals surface area (Å²) in [5, 5.41) is 16.0. The third kappa shape index (κ3) is 2.89. The van der Waals surface area contributed by atoms with E-state index in [0.29, 0.717) is 5.69 Å². The highest BCUT2D eigenvalue weighted by atomic mass is 32.2. The predicted molar refractivity (Wildman–Crippen MR) is 75.3 cm³/mol. The summed E-state index contributed by atoms with van der Waals surface area (Å²) in [6.07, 6.45) is 1.60. The van der Waals surface area contributed by atoms with Crippen LogP contribution in [0, 0.1) is 0 Å². The topological polar surface area (TPSA) is 129 Å². The number of sulfonamides is 1. The fourth-order valence-electron chi connectivity index (χ4n) is 1.90. The average Bonchev–Trinajstić information content (AvgIpc) is 2.73. The lowest BCUT2D eigenvalue weighted by molar-refractivity contribution is 0.598. The fraction of sp³-hybridized carbons (Fsp3) is 0.273. The van der Waals surface area contributed by atoms with Gasteiger partial charge < -0.3 is 15.6 Å². The largest absolute Gasteiger partial charge is 0.398 e. The van der Waals surface area contributed by atoms with Crippen molar-refractivity contribution in [2.24, 2.45) is 12.2 Å². The average molecular weight is 296 g/mol. The molecule has 0 saturated heterocycles. The molecule has 0 aliphatic carbocycles. The molecule has 0 spiro atoms. The third-order valence-electron chi connectivity index (χ3n) is 2.83. The van der Waals surface area contributed by atoms with Crippen molar-refractivity contribution >= 4 is 21.4 Å². The van der Waals surface area contributed by atoms with Gasteiger partial charge in [-0.2, -0.15) is 0 Å². The van der Waals surface area contributed by atoms with Gasteiger partial charge in [0, 0.05) is 12.7 Å². The van der Waals surface area contributed by atoms with E-state index in [4.69, 9.17) is 10.9 Å². The molecule has 0 amide bonds. The van der Waals surface area contributed by atoms with E-state index in [0.717, 1.165) is 5.82 Å². The van der Waals surface area contributed by atoms with Crippen LogP contribution in [0.15, 0.2) is 29.4 Å². The molecule has 0 aliphatic heterocycles. The van der Waals surface area contributed by atoms with E-state index in [1.807, 2.05) is 14.0 Å². The van der Waals surface area contributed by atoms with Crippen LogP contribution in [0.25, 0.3) is 0 Å². The molecule has 1 aromatic carbocycles. The molecule has 20 heavy (non-hydrogen) atoms. The summed E-state index contributed by atoms with van der Waals surface area (Å²) < 4.78 is 24.3. The highest BCUT2D eigenvalue weighted by Gasteiger charge is 2.15. The molecule has 2 rings (SSSR count). The van der Waals surface area contributed by atoms with Gasteiger partial charge in [-0.05, 0) is 25.1 Å². The zero-order chi connectivity index (χ0) is 14.9. The minimum absolute atomic E-state index is 0.0886. The lowest BCUT2D eigenvalue weighted by Gasteiger charge is -2.15. The maximum Gasteiger partial charge on any atom is 0.240 e. The van der Waals surface area contributed by atoms with E-state index in [1.165, 1.54) is 12.1 Å².